The van der Waals surface area contributed by atoms with Crippen molar-refractivity contribution in [1.29, 1.82) is 0 Å². The van der Waals surface area contributed by atoms with E-state index in [1.807, 2.05) is 42.8 Å². The number of fused-ring (bicyclic) bond motifs is 1. The Hall–Kier alpha value is -3.28. The van der Waals surface area contributed by atoms with E-state index in [-0.39, 0.29) is 17.9 Å². The molecule has 7 nitrogen and oxygen atoms in total. The Labute approximate surface area is 188 Å². The molecule has 0 aliphatic heterocycles. The lowest BCUT2D eigenvalue weighted by atomic mass is 10.0. The molecule has 0 radical (unpaired) electrons. The summed E-state index contributed by atoms with van der Waals surface area (Å²) in [6.45, 7) is 6.59. The van der Waals surface area contributed by atoms with Crippen LogP contribution in [0.4, 0.5) is 0 Å². The molecule has 0 spiro atoms. The van der Waals surface area contributed by atoms with Crippen LogP contribution in [0.2, 0.25) is 0 Å². The highest BCUT2D eigenvalue weighted by atomic mass is 32.2. The van der Waals surface area contributed by atoms with Gasteiger partial charge in [-0.1, -0.05) is 17.6 Å². The maximum absolute atomic E-state index is 12.8. The van der Waals surface area contributed by atoms with Crippen molar-refractivity contribution in [3.05, 3.63) is 59.8 Å². The van der Waals surface area contributed by atoms with Gasteiger partial charge in [0.05, 0.1) is 4.90 Å². The van der Waals surface area contributed by atoms with E-state index in [0.717, 1.165) is 28.6 Å². The highest BCUT2D eigenvalue weighted by molar-refractivity contribution is 7.89. The van der Waals surface area contributed by atoms with Crippen molar-refractivity contribution in [2.24, 2.45) is 0 Å². The fourth-order valence-corrected chi connectivity index (χ4v) is 4.66. The summed E-state index contributed by atoms with van der Waals surface area (Å²) in [5.74, 6) is 4.70. The van der Waals surface area contributed by atoms with Crippen LogP contribution in [0.15, 0.2) is 53.6 Å². The van der Waals surface area contributed by atoms with E-state index in [4.69, 9.17) is 4.74 Å². The first kappa shape index (κ1) is 23.4. The molecule has 0 aliphatic rings. The lowest BCUT2D eigenvalue weighted by molar-refractivity contribution is -0.138. The summed E-state index contributed by atoms with van der Waals surface area (Å²) in [5.41, 5.74) is 2.82. The highest BCUT2D eigenvalue weighted by Crippen LogP contribution is 2.25. The summed E-state index contributed by atoms with van der Waals surface area (Å²) in [6.07, 6.45) is 1.91. The number of hydrogen-bond acceptors (Lipinski definition) is 4. The van der Waals surface area contributed by atoms with Crippen LogP contribution in [0, 0.1) is 18.8 Å². The highest BCUT2D eigenvalue weighted by Gasteiger charge is 2.27. The van der Waals surface area contributed by atoms with Crippen LogP contribution < -0.4 is 9.46 Å². The van der Waals surface area contributed by atoms with Crippen LogP contribution in [0.5, 0.6) is 5.75 Å². The zero-order chi connectivity index (χ0) is 23.3. The second kappa shape index (κ2) is 9.90. The van der Waals surface area contributed by atoms with Crippen LogP contribution >= 0.6 is 0 Å². The number of carboxylic acid groups (broad SMARTS) is 1. The first-order valence-corrected chi connectivity index (χ1v) is 11.7. The summed E-state index contributed by atoms with van der Waals surface area (Å²) < 4.78 is 35.4. The maximum Gasteiger partial charge on any atom is 0.322 e. The normalized spacial score (nSPS) is 12.2. The lowest BCUT2D eigenvalue weighted by Crippen LogP contribution is -2.42. The molecule has 8 heteroatoms. The van der Waals surface area contributed by atoms with Crippen molar-refractivity contribution in [2.45, 2.75) is 44.7 Å². The molecule has 0 saturated heterocycles. The Kier molecular flexibility index (Phi) is 7.23. The van der Waals surface area contributed by atoms with Crippen LogP contribution in [0.1, 0.15) is 25.0 Å². The van der Waals surface area contributed by atoms with Gasteiger partial charge in [0.25, 0.3) is 0 Å². The van der Waals surface area contributed by atoms with Gasteiger partial charge in [-0.3, -0.25) is 4.79 Å². The zero-order valence-electron chi connectivity index (χ0n) is 18.3. The second-order valence-electron chi connectivity index (χ2n) is 7.36. The fraction of sp³-hybridized carbons (Fsp3) is 0.292. The van der Waals surface area contributed by atoms with Crippen molar-refractivity contribution in [3.63, 3.8) is 0 Å². The molecular weight excluding hydrogens is 428 g/mol. The van der Waals surface area contributed by atoms with Crippen molar-refractivity contribution in [1.82, 2.24) is 9.29 Å². The number of rotatable bonds is 9. The Balaban J connectivity index is 1.84. The SMILES string of the molecule is CC#CCOc1ccc(S(=O)(=O)N[C@@H](Cc2cn(CC)c3ccc(C)cc23)C(=O)O)cc1. The second-order valence-corrected chi connectivity index (χ2v) is 9.08. The lowest BCUT2D eigenvalue weighted by Gasteiger charge is -2.15. The number of ether oxygens (including phenoxy) is 1. The fourth-order valence-electron chi connectivity index (χ4n) is 3.47. The molecule has 3 rings (SSSR count). The van der Waals surface area contributed by atoms with E-state index in [0.29, 0.717) is 5.75 Å². The van der Waals surface area contributed by atoms with Crippen molar-refractivity contribution in [3.8, 4) is 17.6 Å². The molecule has 0 aliphatic carbocycles. The van der Waals surface area contributed by atoms with E-state index in [2.05, 4.69) is 16.6 Å². The molecule has 0 amide bonds. The van der Waals surface area contributed by atoms with E-state index in [9.17, 15) is 18.3 Å². The molecule has 1 aromatic heterocycles. The summed E-state index contributed by atoms with van der Waals surface area (Å²) in [5, 5.41) is 10.7. The molecule has 32 heavy (non-hydrogen) atoms. The number of benzene rings is 2. The Morgan fingerprint density at radius 3 is 2.56 bits per heavy atom. The Morgan fingerprint density at radius 1 is 1.22 bits per heavy atom. The summed E-state index contributed by atoms with van der Waals surface area (Å²) in [4.78, 5) is 11.9. The minimum Gasteiger partial charge on any atom is -0.481 e. The zero-order valence-corrected chi connectivity index (χ0v) is 19.1. The summed E-state index contributed by atoms with van der Waals surface area (Å²) >= 11 is 0. The minimum atomic E-state index is -4.05. The Bertz CT molecular complexity index is 1280. The van der Waals surface area contributed by atoms with Gasteiger partial charge < -0.3 is 14.4 Å². The predicted octanol–water partition coefficient (Wildman–Crippen LogP) is 3.35. The number of carboxylic acids is 1. The van der Waals surface area contributed by atoms with Crippen LogP contribution in [0.25, 0.3) is 10.9 Å². The third-order valence-corrected chi connectivity index (χ3v) is 6.59. The molecular formula is C24H26N2O5S. The van der Waals surface area contributed by atoms with Gasteiger partial charge in [-0.2, -0.15) is 4.72 Å². The monoisotopic (exact) mass is 454 g/mol. The standard InChI is InChI=1S/C24H26N2O5S/c1-4-6-13-31-19-8-10-20(11-9-19)32(29,30)25-22(24(27)28)15-18-16-26(5-2)23-12-7-17(3)14-21(18)23/h7-12,14,16,22,25H,5,13,15H2,1-3H3,(H,27,28)/t22-/m0/s1. The van der Waals surface area contributed by atoms with Crippen molar-refractivity contribution >= 4 is 26.9 Å². The summed E-state index contributed by atoms with van der Waals surface area (Å²) in [6, 6.07) is 10.5. The van der Waals surface area contributed by atoms with Crippen LogP contribution in [0.3, 0.4) is 0 Å². The number of aliphatic carboxylic acids is 1. The molecule has 168 valence electrons. The van der Waals surface area contributed by atoms with Gasteiger partial charge in [-0.05, 0) is 62.7 Å². The topological polar surface area (TPSA) is 97.6 Å². The van der Waals surface area contributed by atoms with E-state index >= 15 is 0 Å². The van der Waals surface area contributed by atoms with Gasteiger partial charge in [-0.15, -0.1) is 5.92 Å². The van der Waals surface area contributed by atoms with Crippen LogP contribution in [-0.2, 0) is 27.8 Å². The Morgan fingerprint density at radius 2 is 1.94 bits per heavy atom. The molecule has 0 saturated carbocycles. The quantitative estimate of drug-likeness (QED) is 0.483. The van der Waals surface area contributed by atoms with Gasteiger partial charge >= 0.3 is 5.97 Å². The maximum atomic E-state index is 12.8. The third-order valence-electron chi connectivity index (χ3n) is 5.10. The predicted molar refractivity (Wildman–Crippen MR) is 123 cm³/mol. The number of hydrogen-bond donors (Lipinski definition) is 2. The van der Waals surface area contributed by atoms with E-state index < -0.39 is 22.0 Å². The molecule has 0 unspecified atom stereocenters. The van der Waals surface area contributed by atoms with Crippen LogP contribution in [-0.4, -0.2) is 36.7 Å². The molecule has 0 fully saturated rings. The number of nitrogens with zero attached hydrogens (tertiary/aromatic N) is 1. The van der Waals surface area contributed by atoms with Crippen molar-refractivity contribution < 1.29 is 23.1 Å². The van der Waals surface area contributed by atoms with Gasteiger partial charge in [-0.25, -0.2) is 8.42 Å². The number of sulfonamides is 1. The number of aromatic nitrogens is 1. The number of nitrogens with one attached hydrogen (secondary N) is 1. The number of carbonyl (C=O) groups is 1. The smallest absolute Gasteiger partial charge is 0.322 e. The average Bonchev–Trinajstić information content (AvgIpc) is 3.10. The molecule has 2 N–H and O–H groups in total. The molecule has 2 aromatic carbocycles. The van der Waals surface area contributed by atoms with E-state index in [1.165, 1.54) is 24.3 Å². The molecule has 3 aromatic rings. The first-order valence-electron chi connectivity index (χ1n) is 10.2. The van der Waals surface area contributed by atoms with Gasteiger partial charge in [0.2, 0.25) is 10.0 Å². The average molecular weight is 455 g/mol. The van der Waals surface area contributed by atoms with Crippen molar-refractivity contribution in [2.75, 3.05) is 6.61 Å². The van der Waals surface area contributed by atoms with E-state index in [1.54, 1.807) is 6.92 Å². The minimum absolute atomic E-state index is 0.0262. The van der Waals surface area contributed by atoms with Gasteiger partial charge in [0, 0.05) is 30.1 Å². The van der Waals surface area contributed by atoms with Gasteiger partial charge in [0.1, 0.15) is 18.4 Å². The summed E-state index contributed by atoms with van der Waals surface area (Å²) in [7, 11) is -4.05. The molecule has 1 atom stereocenters. The van der Waals surface area contributed by atoms with Gasteiger partial charge in [0.15, 0.2) is 0 Å². The largest absolute Gasteiger partial charge is 0.481 e. The molecule has 0 bridgehead atoms. The third kappa shape index (κ3) is 5.31. The number of aryl methyl sites for hydroxylation is 2. The first-order chi connectivity index (χ1) is 15.2. The molecule has 1 heterocycles.